The molecule has 0 aliphatic rings. The molecule has 0 bridgehead atoms. The lowest BCUT2D eigenvalue weighted by Crippen LogP contribution is -2.07. The molecule has 0 aromatic carbocycles. The predicted molar refractivity (Wildman–Crippen MR) is 54.1 cm³/mol. The summed E-state index contributed by atoms with van der Waals surface area (Å²) in [5, 5.41) is 0. The molecular weight excluding hydrogens is 168 g/mol. The van der Waals surface area contributed by atoms with Crippen LogP contribution in [-0.2, 0) is 9.53 Å². The van der Waals surface area contributed by atoms with Crippen LogP contribution in [0.1, 0.15) is 19.8 Å². The Morgan fingerprint density at radius 2 is 2.33 bits per heavy atom. The summed E-state index contributed by atoms with van der Waals surface area (Å²) in [4.78, 5) is 11.1. The summed E-state index contributed by atoms with van der Waals surface area (Å²) in [6, 6.07) is 0. The van der Waals surface area contributed by atoms with Gasteiger partial charge in [0.25, 0.3) is 0 Å². The van der Waals surface area contributed by atoms with E-state index in [-0.39, 0.29) is 5.97 Å². The van der Waals surface area contributed by atoms with Crippen LogP contribution in [0.4, 0.5) is 0 Å². The zero-order valence-corrected chi connectivity index (χ0v) is 9.80. The van der Waals surface area contributed by atoms with E-state index >= 15 is 0 Å². The minimum absolute atomic E-state index is 0.242. The molecule has 0 radical (unpaired) electrons. The molecule has 0 amide bonds. The third kappa shape index (κ3) is 4.13. The molecule has 0 N–H and O–H groups in total. The van der Waals surface area contributed by atoms with Crippen molar-refractivity contribution in [2.24, 2.45) is 0 Å². The van der Waals surface area contributed by atoms with Crippen LogP contribution in [0.25, 0.3) is 0 Å². The molecule has 0 heterocycles. The molecule has 0 atom stereocenters. The third-order valence-electron chi connectivity index (χ3n) is 1.50. The number of ether oxygens (including phenoxy) is 1. The first-order valence-electron chi connectivity index (χ1n) is 4.22. The fourth-order valence-corrected chi connectivity index (χ4v) is 1.18. The molecule has 0 aliphatic carbocycles. The predicted octanol–water partition coefficient (Wildman–Crippen LogP) is 0.765. The number of hydrogen-bond acceptors (Lipinski definition) is 2. The lowest BCUT2D eigenvalue weighted by molar-refractivity contribution is -0.138. The van der Waals surface area contributed by atoms with Crippen LogP contribution in [0.3, 0.4) is 0 Å². The Kier molecular flexibility index (Phi) is 6.38. The van der Waals surface area contributed by atoms with E-state index in [4.69, 9.17) is 4.74 Å². The van der Waals surface area contributed by atoms with Crippen molar-refractivity contribution in [2.75, 3.05) is 6.61 Å². The number of hydrogen-bond donors (Lipinski definition) is 0. The van der Waals surface area contributed by atoms with Gasteiger partial charge < -0.3 is 4.74 Å². The molecule has 0 aliphatic heterocycles. The Morgan fingerprint density at radius 1 is 1.67 bits per heavy atom. The lowest BCUT2D eigenvalue weighted by atomic mass is 10.3. The van der Waals surface area contributed by atoms with E-state index in [1.807, 2.05) is 5.70 Å². The second kappa shape index (κ2) is 6.85. The van der Waals surface area contributed by atoms with Crippen molar-refractivity contribution in [3.05, 3.63) is 23.9 Å². The number of carbonyl (C=O) groups is 1. The van der Waals surface area contributed by atoms with Gasteiger partial charge in [-0.3, -0.25) is 0 Å². The maximum absolute atomic E-state index is 11.1. The van der Waals surface area contributed by atoms with Crippen molar-refractivity contribution in [3.8, 4) is 0 Å². The molecule has 0 spiro atoms. The zero-order chi connectivity index (χ0) is 9.40. The smallest absolute Gasteiger partial charge is 0.337 e. The van der Waals surface area contributed by atoms with Gasteiger partial charge in [0.05, 0.1) is 12.2 Å². The third-order valence-corrected chi connectivity index (χ3v) is 2.12. The summed E-state index contributed by atoms with van der Waals surface area (Å²) in [5.74, 6) is -0.242. The van der Waals surface area contributed by atoms with Crippen LogP contribution in [0, 0.1) is 0 Å². The minimum Gasteiger partial charge on any atom is -0.462 e. The molecular formula is C9H16O2Si. The lowest BCUT2D eigenvalue weighted by Gasteiger charge is -2.02. The summed E-state index contributed by atoms with van der Waals surface area (Å²) in [6.45, 7) is 6.11. The van der Waals surface area contributed by atoms with Crippen LogP contribution >= 0.6 is 0 Å². The molecule has 0 aromatic rings. The second-order valence-corrected chi connectivity index (χ2v) is 3.01. The van der Waals surface area contributed by atoms with Gasteiger partial charge in [0.15, 0.2) is 0 Å². The maximum Gasteiger partial charge on any atom is 0.337 e. The molecule has 3 heteroatoms. The van der Waals surface area contributed by atoms with Crippen molar-refractivity contribution >= 4 is 16.2 Å². The average Bonchev–Trinajstić information content (AvgIpc) is 2.07. The second-order valence-electron chi connectivity index (χ2n) is 2.44. The molecule has 0 unspecified atom stereocenters. The Bertz CT molecular complexity index is 185. The van der Waals surface area contributed by atoms with E-state index in [2.05, 4.69) is 13.5 Å². The van der Waals surface area contributed by atoms with E-state index in [1.165, 1.54) is 0 Å². The summed E-state index contributed by atoms with van der Waals surface area (Å²) in [5.41, 5.74) is 2.43. The number of carbonyl (C=O) groups excluding carboxylic acids is 1. The van der Waals surface area contributed by atoms with Gasteiger partial charge in [-0.15, -0.1) is 0 Å². The van der Waals surface area contributed by atoms with E-state index in [1.54, 1.807) is 6.08 Å². The zero-order valence-electron chi connectivity index (χ0n) is 7.80. The summed E-state index contributed by atoms with van der Waals surface area (Å²) < 4.78 is 4.97. The van der Waals surface area contributed by atoms with E-state index in [0.29, 0.717) is 12.2 Å². The molecule has 0 rings (SSSR count). The molecule has 12 heavy (non-hydrogen) atoms. The first-order chi connectivity index (χ1) is 5.76. The monoisotopic (exact) mass is 184 g/mol. The van der Waals surface area contributed by atoms with E-state index in [0.717, 1.165) is 23.1 Å². The topological polar surface area (TPSA) is 26.3 Å². The van der Waals surface area contributed by atoms with Gasteiger partial charge in [0.1, 0.15) is 0 Å². The highest BCUT2D eigenvalue weighted by Gasteiger charge is 2.04. The quantitative estimate of drug-likeness (QED) is 0.207. The summed E-state index contributed by atoms with van der Waals surface area (Å²) >= 11 is 0. The highest BCUT2D eigenvalue weighted by molar-refractivity contribution is 6.20. The molecule has 0 fully saturated rings. The largest absolute Gasteiger partial charge is 0.462 e. The fourth-order valence-electron chi connectivity index (χ4n) is 0.712. The molecule has 0 saturated heterocycles. The van der Waals surface area contributed by atoms with Crippen molar-refractivity contribution in [1.82, 2.24) is 0 Å². The van der Waals surface area contributed by atoms with Crippen LogP contribution in [0.5, 0.6) is 0 Å². The van der Waals surface area contributed by atoms with E-state index in [9.17, 15) is 4.79 Å². The SMILES string of the molecule is C=CC(=C[SiH3])C(=O)OCCCC. The number of esters is 1. The van der Waals surface area contributed by atoms with Gasteiger partial charge in [-0.05, 0) is 6.42 Å². The first kappa shape index (κ1) is 11.2. The molecule has 0 aromatic heterocycles. The van der Waals surface area contributed by atoms with Crippen molar-refractivity contribution < 1.29 is 9.53 Å². The minimum atomic E-state index is -0.242. The van der Waals surface area contributed by atoms with Crippen molar-refractivity contribution in [2.45, 2.75) is 19.8 Å². The van der Waals surface area contributed by atoms with E-state index < -0.39 is 0 Å². The number of unbranched alkanes of at least 4 members (excludes halogenated alkanes) is 1. The standard InChI is InChI=1S/C9H16O2Si/c1-3-5-6-11-9(10)8(4-2)7-12/h4,7H,2-3,5-6H2,1,12H3. The van der Waals surface area contributed by atoms with Gasteiger partial charge in [-0.1, -0.05) is 31.7 Å². The highest BCUT2D eigenvalue weighted by atomic mass is 28.1. The molecule has 0 saturated carbocycles. The average molecular weight is 184 g/mol. The number of rotatable bonds is 5. The molecule has 68 valence electrons. The van der Waals surface area contributed by atoms with Crippen molar-refractivity contribution in [1.29, 1.82) is 0 Å². The maximum atomic E-state index is 11.1. The first-order valence-corrected chi connectivity index (χ1v) is 5.37. The van der Waals surface area contributed by atoms with Crippen LogP contribution in [0.2, 0.25) is 0 Å². The fraction of sp³-hybridized carbons (Fsp3) is 0.444. The Labute approximate surface area is 76.7 Å². The van der Waals surface area contributed by atoms with Gasteiger partial charge in [0.2, 0.25) is 0 Å². The van der Waals surface area contributed by atoms with Crippen molar-refractivity contribution in [3.63, 3.8) is 0 Å². The Hall–Kier alpha value is -0.833. The summed E-state index contributed by atoms with van der Waals surface area (Å²) in [7, 11) is 0.855. The van der Waals surface area contributed by atoms with Crippen LogP contribution in [-0.4, -0.2) is 22.8 Å². The summed E-state index contributed by atoms with van der Waals surface area (Å²) in [6.07, 6.45) is 3.51. The Balaban J connectivity index is 3.78. The normalized spacial score (nSPS) is 11.2. The highest BCUT2D eigenvalue weighted by Crippen LogP contribution is 1.99. The van der Waals surface area contributed by atoms with Gasteiger partial charge in [0, 0.05) is 10.2 Å². The van der Waals surface area contributed by atoms with Gasteiger partial charge >= 0.3 is 5.97 Å². The van der Waals surface area contributed by atoms with Crippen LogP contribution in [0.15, 0.2) is 23.9 Å². The van der Waals surface area contributed by atoms with Crippen LogP contribution < -0.4 is 0 Å². The van der Waals surface area contributed by atoms with Gasteiger partial charge in [-0.2, -0.15) is 0 Å². The van der Waals surface area contributed by atoms with Gasteiger partial charge in [-0.25, -0.2) is 4.79 Å². The Morgan fingerprint density at radius 3 is 2.75 bits per heavy atom. The molecule has 2 nitrogen and oxygen atoms in total.